The monoisotopic (exact) mass is 885 g/mol. The molecular formula is C54H92O9. The van der Waals surface area contributed by atoms with Crippen LogP contribution in [0.1, 0.15) is 256 Å². The maximum absolute atomic E-state index is 12.9. The maximum Gasteiger partial charge on any atom is 0.311 e. The molecule has 0 bridgehead atoms. The number of aryl methyl sites for hydroxylation is 2. The zero-order chi connectivity index (χ0) is 46.4. The van der Waals surface area contributed by atoms with Crippen molar-refractivity contribution in [3.05, 3.63) is 28.8 Å². The Labute approximate surface area is 384 Å². The van der Waals surface area contributed by atoms with Crippen LogP contribution in [0.3, 0.4) is 0 Å². The quantitative estimate of drug-likeness (QED) is 0.0208. The summed E-state index contributed by atoms with van der Waals surface area (Å²) in [6, 6.07) is 3.84. The van der Waals surface area contributed by atoms with E-state index in [2.05, 4.69) is 13.8 Å². The summed E-state index contributed by atoms with van der Waals surface area (Å²) in [5.41, 5.74) is 2.24. The van der Waals surface area contributed by atoms with Gasteiger partial charge in [0.1, 0.15) is 25.2 Å². The standard InChI is InChI=1S/C54H92O9/c1-7-9-11-13-15-17-19-21-23-25-27-29-31-35-49(56)60-43-47(44-61-50(57)36-32-30-28-26-24-22-20-18-16-14-12-10-8-2)62-51(58)37-33-34-38-52(59)63-48-42-45(3)41-46(4)53(48)54(5,6)39-40-55/h40-42,47H,7-39,43-44H2,1-6H3. The Morgan fingerprint density at radius 3 is 1.25 bits per heavy atom. The summed E-state index contributed by atoms with van der Waals surface area (Å²) < 4.78 is 22.5. The molecule has 0 unspecified atom stereocenters. The molecule has 0 aliphatic carbocycles. The Kier molecular flexibility index (Phi) is 34.9. The van der Waals surface area contributed by atoms with Crippen molar-refractivity contribution in [1.82, 2.24) is 0 Å². The minimum Gasteiger partial charge on any atom is -0.462 e. The van der Waals surface area contributed by atoms with Crippen molar-refractivity contribution in [1.29, 1.82) is 0 Å². The lowest BCUT2D eigenvalue weighted by Crippen LogP contribution is -2.30. The van der Waals surface area contributed by atoms with Crippen molar-refractivity contribution in [2.45, 2.75) is 265 Å². The first kappa shape index (κ1) is 57.8. The smallest absolute Gasteiger partial charge is 0.311 e. The zero-order valence-corrected chi connectivity index (χ0v) is 41.2. The van der Waals surface area contributed by atoms with Crippen molar-refractivity contribution in [3.63, 3.8) is 0 Å². The zero-order valence-electron chi connectivity index (χ0n) is 41.2. The highest BCUT2D eigenvalue weighted by Gasteiger charge is 2.28. The van der Waals surface area contributed by atoms with Gasteiger partial charge < -0.3 is 23.7 Å². The molecule has 0 spiro atoms. The summed E-state index contributed by atoms with van der Waals surface area (Å²) >= 11 is 0. The number of hydrogen-bond donors (Lipinski definition) is 0. The van der Waals surface area contributed by atoms with Crippen LogP contribution in [0.4, 0.5) is 0 Å². The van der Waals surface area contributed by atoms with Gasteiger partial charge in [-0.3, -0.25) is 19.2 Å². The van der Waals surface area contributed by atoms with Gasteiger partial charge in [0.05, 0.1) is 0 Å². The molecule has 0 fully saturated rings. The topological polar surface area (TPSA) is 122 Å². The molecule has 0 heterocycles. The maximum atomic E-state index is 12.9. The number of esters is 4. The molecule has 1 aromatic rings. The van der Waals surface area contributed by atoms with Crippen LogP contribution in [0.15, 0.2) is 12.1 Å². The van der Waals surface area contributed by atoms with Gasteiger partial charge in [-0.05, 0) is 56.7 Å². The number of benzene rings is 1. The minimum atomic E-state index is -0.911. The van der Waals surface area contributed by atoms with E-state index in [0.717, 1.165) is 61.5 Å². The SMILES string of the molecule is CCCCCCCCCCCCCCCC(=O)OCC(COC(=O)CCCCCCCCCCCCCCC)OC(=O)CCCCC(=O)Oc1cc(C)cc(C)c1C(C)(C)CC=O. The van der Waals surface area contributed by atoms with Gasteiger partial charge in [-0.15, -0.1) is 0 Å². The Hall–Kier alpha value is -3.23. The second-order valence-corrected chi connectivity index (χ2v) is 18.9. The van der Waals surface area contributed by atoms with Crippen LogP contribution in [0.2, 0.25) is 0 Å². The molecule has 0 saturated heterocycles. The lowest BCUT2D eigenvalue weighted by molar-refractivity contribution is -0.167. The lowest BCUT2D eigenvalue weighted by atomic mass is 9.78. The van der Waals surface area contributed by atoms with Crippen LogP contribution in [0, 0.1) is 13.8 Å². The molecule has 0 aliphatic heterocycles. The first-order chi connectivity index (χ1) is 30.4. The number of carbonyl (C=O) groups is 5. The molecule has 0 N–H and O–H groups in total. The largest absolute Gasteiger partial charge is 0.462 e. The highest BCUT2D eigenvalue weighted by molar-refractivity contribution is 5.74. The molecule has 63 heavy (non-hydrogen) atoms. The molecule has 9 nitrogen and oxygen atoms in total. The van der Waals surface area contributed by atoms with Crippen LogP contribution < -0.4 is 4.74 Å². The van der Waals surface area contributed by atoms with Gasteiger partial charge in [0.25, 0.3) is 0 Å². The fourth-order valence-electron chi connectivity index (χ4n) is 8.35. The van der Waals surface area contributed by atoms with Crippen LogP contribution >= 0.6 is 0 Å². The van der Waals surface area contributed by atoms with Crippen molar-refractivity contribution in [2.75, 3.05) is 13.2 Å². The Bertz CT molecular complexity index is 1320. The normalized spacial score (nSPS) is 11.5. The Morgan fingerprint density at radius 1 is 0.508 bits per heavy atom. The first-order valence-corrected chi connectivity index (χ1v) is 25.7. The van der Waals surface area contributed by atoms with E-state index in [1.54, 1.807) is 0 Å². The number of ether oxygens (including phenoxy) is 4. The highest BCUT2D eigenvalue weighted by atomic mass is 16.6. The Balaban J connectivity index is 2.52. The second-order valence-electron chi connectivity index (χ2n) is 18.9. The van der Waals surface area contributed by atoms with Crippen molar-refractivity contribution >= 4 is 30.2 Å². The van der Waals surface area contributed by atoms with Gasteiger partial charge >= 0.3 is 23.9 Å². The second kappa shape index (κ2) is 38.1. The van der Waals surface area contributed by atoms with Crippen molar-refractivity contribution < 1.29 is 42.9 Å². The number of aldehydes is 1. The van der Waals surface area contributed by atoms with Crippen LogP contribution in [0.5, 0.6) is 5.75 Å². The summed E-state index contributed by atoms with van der Waals surface area (Å²) in [6.45, 7) is 11.9. The van der Waals surface area contributed by atoms with E-state index in [1.807, 2.05) is 39.8 Å². The molecule has 9 heteroatoms. The fourth-order valence-corrected chi connectivity index (χ4v) is 8.35. The lowest BCUT2D eigenvalue weighted by Gasteiger charge is -2.27. The van der Waals surface area contributed by atoms with E-state index in [9.17, 15) is 24.0 Å². The summed E-state index contributed by atoms with van der Waals surface area (Å²) in [6.07, 6.45) is 33.6. The third-order valence-corrected chi connectivity index (χ3v) is 12.1. The predicted octanol–water partition coefficient (Wildman–Crippen LogP) is 14.6. The summed E-state index contributed by atoms with van der Waals surface area (Å²) in [5.74, 6) is -1.17. The average Bonchev–Trinajstić information content (AvgIpc) is 3.23. The van der Waals surface area contributed by atoms with Gasteiger partial charge in [-0.1, -0.05) is 188 Å². The first-order valence-electron chi connectivity index (χ1n) is 25.7. The molecule has 362 valence electrons. The van der Waals surface area contributed by atoms with Crippen LogP contribution in [-0.2, 0) is 43.6 Å². The van der Waals surface area contributed by atoms with Gasteiger partial charge in [-0.2, -0.15) is 0 Å². The fraction of sp³-hybridized carbons (Fsp3) is 0.796. The van der Waals surface area contributed by atoms with E-state index in [4.69, 9.17) is 18.9 Å². The number of rotatable bonds is 42. The molecular weight excluding hydrogens is 793 g/mol. The summed E-state index contributed by atoms with van der Waals surface area (Å²) in [4.78, 5) is 62.5. The highest BCUT2D eigenvalue weighted by Crippen LogP contribution is 2.37. The third kappa shape index (κ3) is 31.3. The van der Waals surface area contributed by atoms with E-state index in [1.165, 1.54) is 128 Å². The number of unbranched alkanes of at least 4 members (excludes halogenated alkanes) is 25. The molecule has 0 aromatic heterocycles. The average molecular weight is 885 g/mol. The van der Waals surface area contributed by atoms with Crippen LogP contribution in [0.25, 0.3) is 0 Å². The van der Waals surface area contributed by atoms with Crippen molar-refractivity contribution in [3.8, 4) is 5.75 Å². The van der Waals surface area contributed by atoms with Gasteiger partial charge in [0.2, 0.25) is 0 Å². The molecule has 0 amide bonds. The van der Waals surface area contributed by atoms with Crippen molar-refractivity contribution in [2.24, 2.45) is 0 Å². The third-order valence-electron chi connectivity index (χ3n) is 12.1. The molecule has 1 rings (SSSR count). The van der Waals surface area contributed by atoms with Gasteiger partial charge in [-0.25, -0.2) is 0 Å². The predicted molar refractivity (Wildman–Crippen MR) is 256 cm³/mol. The summed E-state index contributed by atoms with van der Waals surface area (Å²) in [5, 5.41) is 0. The molecule has 0 radical (unpaired) electrons. The molecule has 0 atom stereocenters. The Morgan fingerprint density at radius 2 is 0.857 bits per heavy atom. The van der Waals surface area contributed by atoms with Gasteiger partial charge in [0, 0.05) is 43.1 Å². The van der Waals surface area contributed by atoms with E-state index < -0.39 is 23.5 Å². The molecule has 0 aliphatic rings. The summed E-state index contributed by atoms with van der Waals surface area (Å²) in [7, 11) is 0. The number of hydrogen-bond acceptors (Lipinski definition) is 9. The van der Waals surface area contributed by atoms with E-state index in [0.29, 0.717) is 37.9 Å². The number of carbonyl (C=O) groups excluding carboxylic acids is 5. The minimum absolute atomic E-state index is 0.0464. The molecule has 0 saturated carbocycles. The molecule has 1 aromatic carbocycles. The van der Waals surface area contributed by atoms with Crippen LogP contribution in [-0.4, -0.2) is 49.5 Å². The van der Waals surface area contributed by atoms with E-state index >= 15 is 0 Å². The van der Waals surface area contributed by atoms with Gasteiger partial charge in [0.15, 0.2) is 6.10 Å². The van der Waals surface area contributed by atoms with E-state index in [-0.39, 0.29) is 38.0 Å².